The Morgan fingerprint density at radius 2 is 1.92 bits per heavy atom. The van der Waals surface area contributed by atoms with E-state index in [4.69, 9.17) is 0 Å². The van der Waals surface area contributed by atoms with Gasteiger partial charge in [-0.3, -0.25) is 4.99 Å². The van der Waals surface area contributed by atoms with Crippen LogP contribution in [-0.4, -0.2) is 57.2 Å². The maximum absolute atomic E-state index is 13.1. The highest BCUT2D eigenvalue weighted by atomic mass is 127. The monoisotopic (exact) mass is 483 g/mol. The number of piperazine rings is 1. The number of rotatable bonds is 3. The molecule has 0 amide bonds. The smallest absolute Gasteiger partial charge is 0.369 e. The molecule has 0 unspecified atom stereocenters. The zero-order valence-corrected chi connectivity index (χ0v) is 17.1. The number of anilines is 1. The largest absolute Gasteiger partial charge is 0.416 e. The molecule has 0 spiro atoms. The summed E-state index contributed by atoms with van der Waals surface area (Å²) in [6.07, 6.45) is -3.36. The Balaban J connectivity index is 0.00000243. The lowest BCUT2D eigenvalue weighted by Crippen LogP contribution is -2.45. The van der Waals surface area contributed by atoms with E-state index in [-0.39, 0.29) is 24.0 Å². The molecule has 5 nitrogen and oxygen atoms in total. The van der Waals surface area contributed by atoms with E-state index >= 15 is 0 Å². The zero-order chi connectivity index (χ0) is 17.9. The van der Waals surface area contributed by atoms with E-state index in [2.05, 4.69) is 32.5 Å². The molecule has 1 saturated heterocycles. The molecule has 0 aliphatic carbocycles. The fourth-order valence-electron chi connectivity index (χ4n) is 3.09. The van der Waals surface area contributed by atoms with Gasteiger partial charge in [0.2, 0.25) is 0 Å². The van der Waals surface area contributed by atoms with Gasteiger partial charge in [-0.15, -0.1) is 24.0 Å². The Morgan fingerprint density at radius 1 is 1.19 bits per heavy atom. The second-order valence-electron chi connectivity index (χ2n) is 6.50. The van der Waals surface area contributed by atoms with Gasteiger partial charge in [0.25, 0.3) is 0 Å². The van der Waals surface area contributed by atoms with Crippen LogP contribution in [-0.2, 0) is 12.7 Å². The average Bonchev–Trinajstić information content (AvgIpc) is 2.61. The maximum atomic E-state index is 13.1. The number of nitrogens with one attached hydrogen (secondary N) is 2. The van der Waals surface area contributed by atoms with Crippen LogP contribution in [0.3, 0.4) is 0 Å². The highest BCUT2D eigenvalue weighted by Crippen LogP contribution is 2.33. The molecule has 0 bridgehead atoms. The fraction of sp³-hybridized carbons (Fsp3) is 0.588. The summed E-state index contributed by atoms with van der Waals surface area (Å²) in [5.41, 5.74) is 0.903. The van der Waals surface area contributed by atoms with E-state index in [1.165, 1.54) is 12.1 Å². The second-order valence-corrected chi connectivity index (χ2v) is 6.50. The van der Waals surface area contributed by atoms with Crippen LogP contribution in [0.15, 0.2) is 23.2 Å². The molecular formula is C17H25F3IN5. The van der Waals surface area contributed by atoms with Crippen molar-refractivity contribution in [3.8, 4) is 0 Å². The van der Waals surface area contributed by atoms with Crippen molar-refractivity contribution in [2.24, 2.45) is 4.99 Å². The van der Waals surface area contributed by atoms with Crippen molar-refractivity contribution in [3.05, 3.63) is 29.3 Å². The first-order valence-electron chi connectivity index (χ1n) is 8.59. The van der Waals surface area contributed by atoms with Gasteiger partial charge in [0.05, 0.1) is 5.56 Å². The summed E-state index contributed by atoms with van der Waals surface area (Å²) in [6, 6.07) is 4.03. The van der Waals surface area contributed by atoms with Crippen LogP contribution in [0.4, 0.5) is 18.9 Å². The number of benzene rings is 1. The number of likely N-dealkylation sites (N-methyl/N-ethyl adjacent to an activating group) is 1. The summed E-state index contributed by atoms with van der Waals surface area (Å²) in [5, 5.41) is 6.27. The summed E-state index contributed by atoms with van der Waals surface area (Å²) in [7, 11) is 2.06. The first-order valence-corrected chi connectivity index (χ1v) is 8.59. The molecule has 0 atom stereocenters. The normalized spacial score (nSPS) is 18.6. The summed E-state index contributed by atoms with van der Waals surface area (Å²) in [6.45, 7) is 5.33. The first-order chi connectivity index (χ1) is 11.9. The topological polar surface area (TPSA) is 42.9 Å². The van der Waals surface area contributed by atoms with Crippen molar-refractivity contribution in [1.82, 2.24) is 15.5 Å². The van der Waals surface area contributed by atoms with Gasteiger partial charge in [0.15, 0.2) is 5.96 Å². The summed E-state index contributed by atoms with van der Waals surface area (Å²) in [4.78, 5) is 8.70. The van der Waals surface area contributed by atoms with E-state index in [0.29, 0.717) is 18.1 Å². The number of guanidine groups is 1. The lowest BCUT2D eigenvalue weighted by atomic mass is 10.1. The van der Waals surface area contributed by atoms with Gasteiger partial charge in [-0.1, -0.05) is 0 Å². The Bertz CT molecular complexity index is 627. The van der Waals surface area contributed by atoms with E-state index in [0.717, 1.165) is 51.4 Å². The molecule has 2 N–H and O–H groups in total. The van der Waals surface area contributed by atoms with Crippen LogP contribution in [0.1, 0.15) is 17.5 Å². The van der Waals surface area contributed by atoms with Gasteiger partial charge >= 0.3 is 6.18 Å². The van der Waals surface area contributed by atoms with E-state index in [9.17, 15) is 13.2 Å². The molecule has 2 aliphatic heterocycles. The molecule has 0 radical (unpaired) electrons. The molecule has 146 valence electrons. The van der Waals surface area contributed by atoms with Crippen molar-refractivity contribution in [2.75, 3.05) is 51.2 Å². The van der Waals surface area contributed by atoms with Crippen molar-refractivity contribution >= 4 is 35.6 Å². The van der Waals surface area contributed by atoms with Gasteiger partial charge in [-0.2, -0.15) is 13.2 Å². The van der Waals surface area contributed by atoms with Crippen LogP contribution in [0.2, 0.25) is 0 Å². The van der Waals surface area contributed by atoms with Gasteiger partial charge < -0.3 is 20.4 Å². The van der Waals surface area contributed by atoms with Gasteiger partial charge in [0.1, 0.15) is 0 Å². The molecule has 3 rings (SSSR count). The Kier molecular flexibility index (Phi) is 7.39. The zero-order valence-electron chi connectivity index (χ0n) is 14.8. The molecule has 9 heteroatoms. The third-order valence-electron chi connectivity index (χ3n) is 4.59. The fourth-order valence-corrected chi connectivity index (χ4v) is 3.09. The van der Waals surface area contributed by atoms with Gasteiger partial charge in [0, 0.05) is 51.5 Å². The van der Waals surface area contributed by atoms with E-state index in [1.54, 1.807) is 6.07 Å². The number of nitrogens with zero attached hydrogens (tertiary/aromatic N) is 3. The van der Waals surface area contributed by atoms with Crippen LogP contribution >= 0.6 is 24.0 Å². The molecule has 2 heterocycles. The van der Waals surface area contributed by atoms with Crippen LogP contribution in [0.5, 0.6) is 0 Å². The first kappa shape index (κ1) is 21.1. The number of alkyl halides is 3. The highest BCUT2D eigenvalue weighted by molar-refractivity contribution is 14.0. The molecule has 1 aromatic rings. The quantitative estimate of drug-likeness (QED) is 0.649. The molecule has 2 aliphatic rings. The summed E-state index contributed by atoms with van der Waals surface area (Å²) >= 11 is 0. The number of hydrogen-bond acceptors (Lipinski definition) is 5. The molecular weight excluding hydrogens is 458 g/mol. The van der Waals surface area contributed by atoms with Crippen molar-refractivity contribution in [3.63, 3.8) is 0 Å². The Hall–Kier alpha value is -1.23. The minimum absolute atomic E-state index is 0. The number of hydrogen-bond donors (Lipinski definition) is 2. The predicted octanol–water partition coefficient (Wildman–Crippen LogP) is 2.51. The predicted molar refractivity (Wildman–Crippen MR) is 108 cm³/mol. The third-order valence-corrected chi connectivity index (χ3v) is 4.59. The SMILES string of the molecule is CN1CCN(c2ccc(C(F)(F)F)cc2CNC2=NCCCN2)CC1.I. The minimum Gasteiger partial charge on any atom is -0.369 e. The maximum Gasteiger partial charge on any atom is 0.416 e. The molecule has 1 fully saturated rings. The van der Waals surface area contributed by atoms with Crippen molar-refractivity contribution < 1.29 is 13.2 Å². The Labute approximate surface area is 169 Å². The second kappa shape index (κ2) is 9.12. The molecule has 0 aromatic heterocycles. The number of halogens is 4. The van der Waals surface area contributed by atoms with Crippen LogP contribution < -0.4 is 15.5 Å². The van der Waals surface area contributed by atoms with E-state index in [1.807, 2.05) is 0 Å². The van der Waals surface area contributed by atoms with Crippen molar-refractivity contribution in [1.29, 1.82) is 0 Å². The molecule has 1 aromatic carbocycles. The summed E-state index contributed by atoms with van der Waals surface area (Å²) < 4.78 is 39.3. The molecule has 26 heavy (non-hydrogen) atoms. The lowest BCUT2D eigenvalue weighted by Gasteiger charge is -2.35. The lowest BCUT2D eigenvalue weighted by molar-refractivity contribution is -0.137. The van der Waals surface area contributed by atoms with Crippen LogP contribution in [0, 0.1) is 0 Å². The standard InChI is InChI=1S/C17H24F3N5.HI/c1-24-7-9-25(10-8-24)15-4-3-14(17(18,19)20)11-13(15)12-23-16-21-5-2-6-22-16;/h3-4,11H,2,5-10,12H2,1H3,(H2,21,22,23);1H. The average molecular weight is 483 g/mol. The van der Waals surface area contributed by atoms with Gasteiger partial charge in [-0.05, 0) is 37.2 Å². The summed E-state index contributed by atoms with van der Waals surface area (Å²) in [5.74, 6) is 0.660. The van der Waals surface area contributed by atoms with Crippen LogP contribution in [0.25, 0.3) is 0 Å². The van der Waals surface area contributed by atoms with E-state index < -0.39 is 11.7 Å². The Morgan fingerprint density at radius 3 is 2.54 bits per heavy atom. The minimum atomic E-state index is -4.34. The van der Waals surface area contributed by atoms with Crippen molar-refractivity contribution in [2.45, 2.75) is 19.1 Å². The number of aliphatic imine (C=N–C) groups is 1. The van der Waals surface area contributed by atoms with Gasteiger partial charge in [-0.25, -0.2) is 0 Å². The molecule has 0 saturated carbocycles. The third kappa shape index (κ3) is 5.38. The highest BCUT2D eigenvalue weighted by Gasteiger charge is 2.31.